The van der Waals surface area contributed by atoms with Crippen molar-refractivity contribution in [2.75, 3.05) is 0 Å². The first kappa shape index (κ1) is 13.7. The molecule has 0 unspecified atom stereocenters. The Morgan fingerprint density at radius 3 is 2.50 bits per heavy atom. The Hall–Kier alpha value is -2.38. The van der Waals surface area contributed by atoms with Gasteiger partial charge < -0.3 is 4.74 Å². The third-order valence-corrected chi connectivity index (χ3v) is 2.06. The van der Waals surface area contributed by atoms with E-state index in [1.165, 1.54) is 0 Å². The summed E-state index contributed by atoms with van der Waals surface area (Å²) >= 11 is 0. The number of alkyl halides is 2. The molecule has 0 aliphatic carbocycles. The van der Waals surface area contributed by atoms with E-state index in [0.717, 1.165) is 19.1 Å². The summed E-state index contributed by atoms with van der Waals surface area (Å²) in [6.07, 6.45) is 0.0275. The first-order chi connectivity index (χ1) is 8.36. The van der Waals surface area contributed by atoms with Crippen LogP contribution >= 0.6 is 0 Å². The van der Waals surface area contributed by atoms with Crippen LogP contribution in [-0.4, -0.2) is 23.6 Å². The molecule has 6 nitrogen and oxygen atoms in total. The SMILES string of the molecule is CC(=O)c1cc(OC(F)F)c(C=O)c([N+](=O)[O-])c1. The molecule has 0 saturated heterocycles. The second kappa shape index (κ2) is 5.30. The Morgan fingerprint density at radius 1 is 1.50 bits per heavy atom. The van der Waals surface area contributed by atoms with Crippen LogP contribution in [0.3, 0.4) is 0 Å². The number of carbonyl (C=O) groups excluding carboxylic acids is 2. The molecule has 1 aromatic carbocycles. The second-order valence-corrected chi connectivity index (χ2v) is 3.22. The molecule has 0 atom stereocenters. The van der Waals surface area contributed by atoms with Gasteiger partial charge in [0.15, 0.2) is 12.1 Å². The molecule has 0 spiro atoms. The van der Waals surface area contributed by atoms with E-state index in [1.807, 2.05) is 0 Å². The van der Waals surface area contributed by atoms with Crippen molar-refractivity contribution in [1.82, 2.24) is 0 Å². The molecule has 0 bridgehead atoms. The van der Waals surface area contributed by atoms with E-state index in [2.05, 4.69) is 4.74 Å². The molecule has 0 radical (unpaired) electrons. The third kappa shape index (κ3) is 2.84. The molecule has 8 heteroatoms. The number of Topliss-reactive ketones (excluding diaryl/α,β-unsaturated/α-hetero) is 1. The number of carbonyl (C=O) groups is 2. The van der Waals surface area contributed by atoms with Gasteiger partial charge in [-0.1, -0.05) is 0 Å². The molecular weight excluding hydrogens is 252 g/mol. The number of hydrogen-bond acceptors (Lipinski definition) is 5. The topological polar surface area (TPSA) is 86.5 Å². The molecule has 18 heavy (non-hydrogen) atoms. The number of benzene rings is 1. The van der Waals surface area contributed by atoms with E-state index < -0.39 is 34.3 Å². The fourth-order valence-electron chi connectivity index (χ4n) is 1.28. The molecule has 1 aromatic rings. The van der Waals surface area contributed by atoms with Crippen molar-refractivity contribution in [2.45, 2.75) is 13.5 Å². The summed E-state index contributed by atoms with van der Waals surface area (Å²) in [6, 6.07) is 1.70. The zero-order valence-corrected chi connectivity index (χ0v) is 9.05. The van der Waals surface area contributed by atoms with Crippen molar-refractivity contribution < 1.29 is 28.0 Å². The summed E-state index contributed by atoms with van der Waals surface area (Å²) in [5.41, 5.74) is -1.58. The van der Waals surface area contributed by atoms with Crippen LogP contribution in [0.15, 0.2) is 12.1 Å². The smallest absolute Gasteiger partial charge is 0.387 e. The van der Waals surface area contributed by atoms with Gasteiger partial charge in [0.2, 0.25) is 0 Å². The highest BCUT2D eigenvalue weighted by Crippen LogP contribution is 2.30. The summed E-state index contributed by atoms with van der Waals surface area (Å²) in [5, 5.41) is 10.7. The normalized spacial score (nSPS) is 10.2. The zero-order chi connectivity index (χ0) is 13.9. The molecule has 0 saturated carbocycles. The number of nitro groups is 1. The van der Waals surface area contributed by atoms with Gasteiger partial charge >= 0.3 is 6.61 Å². The summed E-state index contributed by atoms with van der Waals surface area (Å²) < 4.78 is 28.2. The first-order valence-electron chi connectivity index (χ1n) is 4.60. The monoisotopic (exact) mass is 259 g/mol. The lowest BCUT2D eigenvalue weighted by molar-refractivity contribution is -0.385. The van der Waals surface area contributed by atoms with Crippen LogP contribution in [0, 0.1) is 10.1 Å². The Bertz CT molecular complexity index is 515. The maximum absolute atomic E-state index is 12.1. The zero-order valence-electron chi connectivity index (χ0n) is 9.05. The van der Waals surface area contributed by atoms with E-state index in [1.54, 1.807) is 0 Å². The Labute approximate surface area is 99.3 Å². The van der Waals surface area contributed by atoms with Crippen LogP contribution in [0.1, 0.15) is 27.6 Å². The number of ether oxygens (including phenoxy) is 1. The molecule has 0 aliphatic heterocycles. The number of nitrogens with zero attached hydrogens (tertiary/aromatic N) is 1. The maximum Gasteiger partial charge on any atom is 0.387 e. The van der Waals surface area contributed by atoms with Crippen LogP contribution in [0.2, 0.25) is 0 Å². The third-order valence-electron chi connectivity index (χ3n) is 2.06. The second-order valence-electron chi connectivity index (χ2n) is 3.22. The van der Waals surface area contributed by atoms with E-state index in [-0.39, 0.29) is 11.8 Å². The lowest BCUT2D eigenvalue weighted by Gasteiger charge is -2.08. The lowest BCUT2D eigenvalue weighted by Crippen LogP contribution is -2.08. The number of rotatable bonds is 5. The highest BCUT2D eigenvalue weighted by Gasteiger charge is 2.23. The molecular formula is C10H7F2NO5. The molecule has 0 heterocycles. The van der Waals surface area contributed by atoms with Gasteiger partial charge in [0.05, 0.1) is 4.92 Å². The van der Waals surface area contributed by atoms with Gasteiger partial charge in [-0.05, 0) is 13.0 Å². The minimum Gasteiger partial charge on any atom is -0.434 e. The van der Waals surface area contributed by atoms with Crippen LogP contribution in [0.4, 0.5) is 14.5 Å². The first-order valence-corrected chi connectivity index (χ1v) is 4.60. The molecule has 0 fully saturated rings. The fraction of sp³-hybridized carbons (Fsp3) is 0.200. The van der Waals surface area contributed by atoms with E-state index in [4.69, 9.17) is 0 Å². The van der Waals surface area contributed by atoms with Crippen LogP contribution < -0.4 is 4.74 Å². The van der Waals surface area contributed by atoms with Gasteiger partial charge in [-0.2, -0.15) is 8.78 Å². The fourth-order valence-corrected chi connectivity index (χ4v) is 1.28. The van der Waals surface area contributed by atoms with Gasteiger partial charge in [-0.15, -0.1) is 0 Å². The minimum atomic E-state index is -3.26. The lowest BCUT2D eigenvalue weighted by atomic mass is 10.1. The number of halogens is 2. The Kier molecular flexibility index (Phi) is 4.03. The largest absolute Gasteiger partial charge is 0.434 e. The van der Waals surface area contributed by atoms with E-state index in [0.29, 0.717) is 0 Å². The molecule has 96 valence electrons. The van der Waals surface area contributed by atoms with Gasteiger partial charge in [-0.3, -0.25) is 19.7 Å². The van der Waals surface area contributed by atoms with E-state index in [9.17, 15) is 28.5 Å². The van der Waals surface area contributed by atoms with Crippen LogP contribution in [0.25, 0.3) is 0 Å². The molecule has 0 amide bonds. The summed E-state index contributed by atoms with van der Waals surface area (Å²) in [4.78, 5) is 31.5. The van der Waals surface area contributed by atoms with Crippen molar-refractivity contribution in [2.24, 2.45) is 0 Å². The van der Waals surface area contributed by atoms with Crippen molar-refractivity contribution in [1.29, 1.82) is 0 Å². The highest BCUT2D eigenvalue weighted by atomic mass is 19.3. The van der Waals surface area contributed by atoms with Crippen molar-refractivity contribution in [3.63, 3.8) is 0 Å². The van der Waals surface area contributed by atoms with Gasteiger partial charge in [0.25, 0.3) is 5.69 Å². The van der Waals surface area contributed by atoms with Gasteiger partial charge in [-0.25, -0.2) is 0 Å². The minimum absolute atomic E-state index is 0.0275. The number of hydrogen-bond donors (Lipinski definition) is 0. The number of aldehydes is 1. The standard InChI is InChI=1S/C10H7F2NO5/c1-5(15)6-2-8(13(16)17)7(4-14)9(3-6)18-10(11)12/h2-4,10H,1H3. The molecule has 1 rings (SSSR count). The highest BCUT2D eigenvalue weighted by molar-refractivity contribution is 5.97. The predicted molar refractivity (Wildman–Crippen MR) is 55.1 cm³/mol. The molecule has 0 N–H and O–H groups in total. The average molecular weight is 259 g/mol. The van der Waals surface area contributed by atoms with E-state index >= 15 is 0 Å². The predicted octanol–water partition coefficient (Wildman–Crippen LogP) is 2.21. The summed E-state index contributed by atoms with van der Waals surface area (Å²) in [6.45, 7) is -2.16. The molecule has 0 aliphatic rings. The van der Waals surface area contributed by atoms with Gasteiger partial charge in [0.1, 0.15) is 11.3 Å². The van der Waals surface area contributed by atoms with Crippen molar-refractivity contribution in [3.05, 3.63) is 33.4 Å². The van der Waals surface area contributed by atoms with Crippen LogP contribution in [-0.2, 0) is 0 Å². The summed E-state index contributed by atoms with van der Waals surface area (Å²) in [5.74, 6) is -1.27. The quantitative estimate of drug-likeness (QED) is 0.350. The van der Waals surface area contributed by atoms with Crippen LogP contribution in [0.5, 0.6) is 5.75 Å². The average Bonchev–Trinajstić information content (AvgIpc) is 2.26. The Morgan fingerprint density at radius 2 is 2.11 bits per heavy atom. The number of nitro benzene ring substituents is 1. The summed E-state index contributed by atoms with van der Waals surface area (Å²) in [7, 11) is 0. The van der Waals surface area contributed by atoms with Gasteiger partial charge in [0, 0.05) is 11.6 Å². The van der Waals surface area contributed by atoms with Crippen molar-refractivity contribution >= 4 is 17.8 Å². The number of ketones is 1. The van der Waals surface area contributed by atoms with Crippen molar-refractivity contribution in [3.8, 4) is 5.75 Å². The Balaban J connectivity index is 3.50. The maximum atomic E-state index is 12.1. The molecule has 0 aromatic heterocycles.